The maximum Gasteiger partial charge on any atom is 0.319 e. The van der Waals surface area contributed by atoms with Crippen LogP contribution < -0.4 is 10.6 Å². The Hall–Kier alpha value is -2.15. The van der Waals surface area contributed by atoms with Crippen LogP contribution in [0.1, 0.15) is 6.92 Å². The highest BCUT2D eigenvalue weighted by Crippen LogP contribution is 2.16. The van der Waals surface area contributed by atoms with Gasteiger partial charge >= 0.3 is 6.03 Å². The number of non-ortho nitro benzene ring substituents is 1. The van der Waals surface area contributed by atoms with Crippen LogP contribution in [-0.2, 0) is 0 Å². The molecule has 0 heterocycles. The molecule has 0 radical (unpaired) electrons. The number of urea groups is 1. The number of carbonyl (C=O) groups is 1. The Morgan fingerprint density at radius 1 is 1.59 bits per heavy atom. The van der Waals surface area contributed by atoms with Crippen LogP contribution in [0.15, 0.2) is 24.3 Å². The molecule has 0 saturated heterocycles. The third kappa shape index (κ3) is 4.47. The third-order valence-corrected chi connectivity index (χ3v) is 1.87. The van der Waals surface area contributed by atoms with Gasteiger partial charge in [0.15, 0.2) is 0 Å². The molecule has 0 aliphatic heterocycles. The predicted octanol–water partition coefficient (Wildman–Crippen LogP) is 1.10. The van der Waals surface area contributed by atoms with Crippen molar-refractivity contribution >= 4 is 17.4 Å². The van der Waals surface area contributed by atoms with Gasteiger partial charge in [0.05, 0.1) is 11.0 Å². The highest BCUT2D eigenvalue weighted by molar-refractivity contribution is 5.89. The van der Waals surface area contributed by atoms with Crippen molar-refractivity contribution in [3.05, 3.63) is 34.4 Å². The smallest absolute Gasteiger partial charge is 0.319 e. The van der Waals surface area contributed by atoms with E-state index in [0.29, 0.717) is 5.69 Å². The number of carbonyl (C=O) groups excluding carboxylic acids is 1. The monoisotopic (exact) mass is 239 g/mol. The van der Waals surface area contributed by atoms with Crippen molar-refractivity contribution in [1.29, 1.82) is 0 Å². The predicted molar refractivity (Wildman–Crippen MR) is 61.8 cm³/mol. The largest absolute Gasteiger partial charge is 0.392 e. The first-order chi connectivity index (χ1) is 7.99. The molecule has 1 aromatic rings. The number of hydrogen-bond donors (Lipinski definition) is 3. The Labute approximate surface area is 97.6 Å². The molecule has 2 amide bonds. The van der Waals surface area contributed by atoms with E-state index in [-0.39, 0.29) is 12.2 Å². The SMILES string of the molecule is C[C@H](O)CNC(=O)Nc1cccc([N+](=O)[O-])c1. The summed E-state index contributed by atoms with van der Waals surface area (Å²) in [6.45, 7) is 1.65. The molecule has 1 aromatic carbocycles. The van der Waals surface area contributed by atoms with Gasteiger partial charge in [-0.15, -0.1) is 0 Å². The zero-order valence-electron chi connectivity index (χ0n) is 9.21. The van der Waals surface area contributed by atoms with Crippen LogP contribution in [-0.4, -0.2) is 28.7 Å². The molecule has 17 heavy (non-hydrogen) atoms. The Morgan fingerprint density at radius 2 is 2.29 bits per heavy atom. The lowest BCUT2D eigenvalue weighted by Gasteiger charge is -2.08. The molecule has 0 aliphatic carbocycles. The molecule has 0 saturated carbocycles. The molecule has 1 atom stereocenters. The van der Waals surface area contributed by atoms with Gasteiger partial charge in [0.2, 0.25) is 0 Å². The zero-order valence-corrected chi connectivity index (χ0v) is 9.21. The van der Waals surface area contributed by atoms with Crippen molar-refractivity contribution in [3.8, 4) is 0 Å². The van der Waals surface area contributed by atoms with Crippen molar-refractivity contribution in [2.24, 2.45) is 0 Å². The number of nitrogens with one attached hydrogen (secondary N) is 2. The van der Waals surface area contributed by atoms with Crippen LogP contribution in [0, 0.1) is 10.1 Å². The van der Waals surface area contributed by atoms with Crippen LogP contribution in [0.2, 0.25) is 0 Å². The number of nitro benzene ring substituents is 1. The average Bonchev–Trinajstić information content (AvgIpc) is 2.26. The molecule has 92 valence electrons. The molecule has 7 nitrogen and oxygen atoms in total. The lowest BCUT2D eigenvalue weighted by Crippen LogP contribution is -2.34. The highest BCUT2D eigenvalue weighted by Gasteiger charge is 2.08. The molecule has 0 aliphatic rings. The standard InChI is InChI=1S/C10H13N3O4/c1-7(14)6-11-10(15)12-8-3-2-4-9(5-8)13(16)17/h2-5,7,14H,6H2,1H3,(H2,11,12,15)/t7-/m0/s1. The van der Waals surface area contributed by atoms with E-state index in [9.17, 15) is 14.9 Å². The van der Waals surface area contributed by atoms with E-state index in [2.05, 4.69) is 10.6 Å². The minimum Gasteiger partial charge on any atom is -0.392 e. The van der Waals surface area contributed by atoms with E-state index < -0.39 is 17.1 Å². The number of anilines is 1. The van der Waals surface area contributed by atoms with Gasteiger partial charge < -0.3 is 15.7 Å². The molecular weight excluding hydrogens is 226 g/mol. The van der Waals surface area contributed by atoms with Crippen molar-refractivity contribution in [1.82, 2.24) is 5.32 Å². The van der Waals surface area contributed by atoms with Gasteiger partial charge in [-0.05, 0) is 13.0 Å². The zero-order chi connectivity index (χ0) is 12.8. The fraction of sp³-hybridized carbons (Fsp3) is 0.300. The number of aliphatic hydroxyl groups is 1. The number of rotatable bonds is 4. The Bertz CT molecular complexity index is 420. The van der Waals surface area contributed by atoms with Crippen molar-refractivity contribution in [2.75, 3.05) is 11.9 Å². The van der Waals surface area contributed by atoms with Crippen molar-refractivity contribution < 1.29 is 14.8 Å². The fourth-order valence-electron chi connectivity index (χ4n) is 1.11. The van der Waals surface area contributed by atoms with Gasteiger partial charge in [0.25, 0.3) is 5.69 Å². The summed E-state index contributed by atoms with van der Waals surface area (Å²) >= 11 is 0. The maximum atomic E-state index is 11.3. The Kier molecular flexibility index (Phi) is 4.41. The van der Waals surface area contributed by atoms with E-state index in [4.69, 9.17) is 5.11 Å². The quantitative estimate of drug-likeness (QED) is 0.540. The fourth-order valence-corrected chi connectivity index (χ4v) is 1.11. The number of hydrogen-bond acceptors (Lipinski definition) is 4. The van der Waals surface area contributed by atoms with Crippen molar-refractivity contribution in [3.63, 3.8) is 0 Å². The first-order valence-corrected chi connectivity index (χ1v) is 4.96. The molecule has 0 fully saturated rings. The highest BCUT2D eigenvalue weighted by atomic mass is 16.6. The molecule has 0 unspecified atom stereocenters. The molecule has 3 N–H and O–H groups in total. The van der Waals surface area contributed by atoms with Crippen LogP contribution in [0.4, 0.5) is 16.2 Å². The second-order valence-electron chi connectivity index (χ2n) is 3.49. The summed E-state index contributed by atoms with van der Waals surface area (Å²) < 4.78 is 0. The van der Waals surface area contributed by atoms with Gasteiger partial charge in [-0.3, -0.25) is 10.1 Å². The molecular formula is C10H13N3O4. The Balaban J connectivity index is 2.59. The van der Waals surface area contributed by atoms with Gasteiger partial charge in [-0.1, -0.05) is 6.07 Å². The minimum atomic E-state index is -0.647. The summed E-state index contributed by atoms with van der Waals surface area (Å²) in [5, 5.41) is 24.3. The normalized spacial score (nSPS) is 11.6. The van der Waals surface area contributed by atoms with E-state index in [0.717, 1.165) is 0 Å². The minimum absolute atomic E-state index is 0.0988. The number of aliphatic hydroxyl groups excluding tert-OH is 1. The van der Waals surface area contributed by atoms with Crippen LogP contribution in [0.5, 0.6) is 0 Å². The summed E-state index contributed by atoms with van der Waals surface area (Å²) in [6, 6.07) is 5.07. The first kappa shape index (κ1) is 12.9. The van der Waals surface area contributed by atoms with Crippen LogP contribution in [0.3, 0.4) is 0 Å². The number of benzene rings is 1. The van der Waals surface area contributed by atoms with Gasteiger partial charge in [0.1, 0.15) is 0 Å². The number of nitro groups is 1. The lowest BCUT2D eigenvalue weighted by molar-refractivity contribution is -0.384. The second kappa shape index (κ2) is 5.80. The summed E-state index contributed by atoms with van der Waals surface area (Å²) in [6.07, 6.45) is -0.647. The number of nitrogens with zero attached hydrogens (tertiary/aromatic N) is 1. The summed E-state index contributed by atoms with van der Waals surface area (Å²) in [5.41, 5.74) is 0.223. The summed E-state index contributed by atoms with van der Waals surface area (Å²) in [5.74, 6) is 0. The molecule has 0 aromatic heterocycles. The second-order valence-corrected chi connectivity index (χ2v) is 3.49. The van der Waals surface area contributed by atoms with E-state index in [1.807, 2.05) is 0 Å². The summed E-state index contributed by atoms with van der Waals surface area (Å²) in [4.78, 5) is 21.3. The van der Waals surface area contributed by atoms with Gasteiger partial charge in [-0.2, -0.15) is 0 Å². The Morgan fingerprint density at radius 3 is 2.88 bits per heavy atom. The van der Waals surface area contributed by atoms with Gasteiger partial charge in [0, 0.05) is 24.4 Å². The topological polar surface area (TPSA) is 104 Å². The maximum absolute atomic E-state index is 11.3. The molecule has 7 heteroatoms. The van der Waals surface area contributed by atoms with Gasteiger partial charge in [-0.25, -0.2) is 4.79 Å². The lowest BCUT2D eigenvalue weighted by atomic mass is 10.3. The molecule has 0 bridgehead atoms. The van der Waals surface area contributed by atoms with Crippen LogP contribution in [0.25, 0.3) is 0 Å². The molecule has 1 rings (SSSR count). The van der Waals surface area contributed by atoms with Crippen molar-refractivity contribution in [2.45, 2.75) is 13.0 Å². The summed E-state index contributed by atoms with van der Waals surface area (Å²) in [7, 11) is 0. The van der Waals surface area contributed by atoms with E-state index in [1.54, 1.807) is 0 Å². The third-order valence-electron chi connectivity index (χ3n) is 1.87. The first-order valence-electron chi connectivity index (χ1n) is 4.96. The van der Waals surface area contributed by atoms with E-state index >= 15 is 0 Å². The molecule has 0 spiro atoms. The van der Waals surface area contributed by atoms with E-state index in [1.165, 1.54) is 31.2 Å². The number of amides is 2. The van der Waals surface area contributed by atoms with Crippen LogP contribution >= 0.6 is 0 Å². The average molecular weight is 239 g/mol.